The number of rotatable bonds is 8. The van der Waals surface area contributed by atoms with Crippen LogP contribution in [0.3, 0.4) is 0 Å². The fourth-order valence-electron chi connectivity index (χ4n) is 2.76. The minimum absolute atomic E-state index is 0.00402. The molecule has 0 spiro atoms. The molecule has 0 aliphatic heterocycles. The average Bonchev–Trinajstić information content (AvgIpc) is 3.14. The molecule has 3 rings (SSSR count). The zero-order chi connectivity index (χ0) is 18.7. The number of nitrogens with one attached hydrogen (secondary N) is 1. The van der Waals surface area contributed by atoms with Crippen molar-refractivity contribution in [3.63, 3.8) is 0 Å². The number of carbonyl (C=O) groups excluding carboxylic acids is 1. The van der Waals surface area contributed by atoms with Gasteiger partial charge in [0, 0.05) is 37.8 Å². The summed E-state index contributed by atoms with van der Waals surface area (Å²) in [4.78, 5) is 15.9. The second-order valence-electron chi connectivity index (χ2n) is 6.30. The van der Waals surface area contributed by atoms with Crippen molar-refractivity contribution in [2.24, 2.45) is 0 Å². The summed E-state index contributed by atoms with van der Waals surface area (Å²) in [6, 6.07) is 0. The molecule has 0 unspecified atom stereocenters. The maximum atomic E-state index is 13.0. The Morgan fingerprint density at radius 1 is 1.35 bits per heavy atom. The zero-order valence-electron chi connectivity index (χ0n) is 14.0. The fraction of sp³-hybridized carbons (Fsp3) is 0.562. The van der Waals surface area contributed by atoms with Gasteiger partial charge in [-0.3, -0.25) is 9.48 Å². The van der Waals surface area contributed by atoms with Crippen molar-refractivity contribution in [1.29, 1.82) is 0 Å². The molecule has 0 aromatic carbocycles. The Kier molecular flexibility index (Phi) is 5.55. The lowest BCUT2D eigenvalue weighted by atomic mass is 10.2. The number of hydrogen-bond donors (Lipinski definition) is 1. The van der Waals surface area contributed by atoms with E-state index in [0.717, 1.165) is 25.8 Å². The highest BCUT2D eigenvalue weighted by atomic mass is 35.5. The standard InChI is InChI=1S/C16H19ClF3N5O/c17-13-14(11-2-3-11)25(23-15(13)16(18,19)20)8-4-12(26)22-5-1-7-24-9-6-21-10-24/h6,9-11H,1-5,7-8H2,(H,22,26). The number of carbonyl (C=O) groups is 1. The number of amides is 1. The highest BCUT2D eigenvalue weighted by Gasteiger charge is 2.41. The van der Waals surface area contributed by atoms with Gasteiger partial charge in [-0.05, 0) is 19.3 Å². The van der Waals surface area contributed by atoms with Gasteiger partial charge in [-0.1, -0.05) is 11.6 Å². The predicted octanol–water partition coefficient (Wildman–Crippen LogP) is 3.23. The Labute approximate surface area is 153 Å². The number of alkyl halides is 3. The van der Waals surface area contributed by atoms with E-state index in [1.807, 2.05) is 10.8 Å². The monoisotopic (exact) mass is 389 g/mol. The maximum Gasteiger partial charge on any atom is 0.436 e. The van der Waals surface area contributed by atoms with Gasteiger partial charge in [-0.25, -0.2) is 4.98 Å². The fourth-order valence-corrected chi connectivity index (χ4v) is 3.15. The molecular formula is C16H19ClF3N5O. The van der Waals surface area contributed by atoms with Gasteiger partial charge in [0.15, 0.2) is 5.69 Å². The number of aromatic nitrogens is 4. The third-order valence-electron chi connectivity index (χ3n) is 4.19. The molecular weight excluding hydrogens is 371 g/mol. The van der Waals surface area contributed by atoms with Crippen molar-refractivity contribution < 1.29 is 18.0 Å². The molecule has 1 saturated carbocycles. The summed E-state index contributed by atoms with van der Waals surface area (Å²) in [5.41, 5.74) is -0.672. The van der Waals surface area contributed by atoms with E-state index in [0.29, 0.717) is 12.2 Å². The third-order valence-corrected chi connectivity index (χ3v) is 4.56. The van der Waals surface area contributed by atoms with Crippen LogP contribution in [0, 0.1) is 0 Å². The van der Waals surface area contributed by atoms with Crippen LogP contribution in [0.2, 0.25) is 5.02 Å². The van der Waals surface area contributed by atoms with Gasteiger partial charge in [-0.2, -0.15) is 18.3 Å². The van der Waals surface area contributed by atoms with E-state index in [9.17, 15) is 18.0 Å². The topological polar surface area (TPSA) is 64.7 Å². The highest BCUT2D eigenvalue weighted by molar-refractivity contribution is 6.32. The third kappa shape index (κ3) is 4.57. The predicted molar refractivity (Wildman–Crippen MR) is 88.7 cm³/mol. The van der Waals surface area contributed by atoms with Crippen LogP contribution >= 0.6 is 11.6 Å². The van der Waals surface area contributed by atoms with E-state index in [1.54, 1.807) is 12.5 Å². The van der Waals surface area contributed by atoms with Gasteiger partial charge in [0.25, 0.3) is 0 Å². The van der Waals surface area contributed by atoms with Crippen molar-refractivity contribution in [3.05, 3.63) is 35.1 Å². The normalized spacial score (nSPS) is 14.6. The summed E-state index contributed by atoms with van der Waals surface area (Å²) < 4.78 is 42.1. The molecule has 0 bridgehead atoms. The van der Waals surface area contributed by atoms with E-state index in [4.69, 9.17) is 11.6 Å². The van der Waals surface area contributed by atoms with Crippen molar-refractivity contribution >= 4 is 17.5 Å². The first kappa shape index (κ1) is 18.8. The number of halogens is 4. The molecule has 2 aromatic heterocycles. The lowest BCUT2D eigenvalue weighted by Crippen LogP contribution is -2.26. The smallest absolute Gasteiger partial charge is 0.356 e. The summed E-state index contributed by atoms with van der Waals surface area (Å²) in [5.74, 6) is -0.220. The number of aryl methyl sites for hydroxylation is 2. The van der Waals surface area contributed by atoms with Gasteiger partial charge >= 0.3 is 6.18 Å². The Balaban J connectivity index is 1.51. The summed E-state index contributed by atoms with van der Waals surface area (Å²) in [7, 11) is 0. The largest absolute Gasteiger partial charge is 0.436 e. The van der Waals surface area contributed by atoms with Crippen LogP contribution in [0.25, 0.3) is 0 Å². The van der Waals surface area contributed by atoms with Gasteiger partial charge in [0.05, 0.1) is 23.6 Å². The lowest BCUT2D eigenvalue weighted by molar-refractivity contribution is -0.141. The molecule has 26 heavy (non-hydrogen) atoms. The van der Waals surface area contributed by atoms with Crippen molar-refractivity contribution in [3.8, 4) is 0 Å². The van der Waals surface area contributed by atoms with Gasteiger partial charge in [0.1, 0.15) is 0 Å². The van der Waals surface area contributed by atoms with Crippen LogP contribution in [0.5, 0.6) is 0 Å². The number of imidazole rings is 1. The van der Waals surface area contributed by atoms with E-state index < -0.39 is 11.9 Å². The van der Waals surface area contributed by atoms with E-state index in [2.05, 4.69) is 15.4 Å². The second kappa shape index (κ2) is 7.69. The molecule has 0 atom stereocenters. The van der Waals surface area contributed by atoms with Crippen molar-refractivity contribution in [1.82, 2.24) is 24.6 Å². The summed E-state index contributed by atoms with van der Waals surface area (Å²) >= 11 is 5.90. The molecule has 1 fully saturated rings. The minimum Gasteiger partial charge on any atom is -0.356 e. The maximum absolute atomic E-state index is 13.0. The van der Waals surface area contributed by atoms with Crippen LogP contribution in [0.4, 0.5) is 13.2 Å². The Morgan fingerprint density at radius 3 is 2.73 bits per heavy atom. The van der Waals surface area contributed by atoms with Crippen LogP contribution in [-0.4, -0.2) is 31.8 Å². The molecule has 1 aliphatic rings. The van der Waals surface area contributed by atoms with Gasteiger partial charge in [-0.15, -0.1) is 0 Å². The SMILES string of the molecule is O=C(CCn1nc(C(F)(F)F)c(Cl)c1C1CC1)NCCCn1ccnc1. The van der Waals surface area contributed by atoms with E-state index in [1.165, 1.54) is 4.68 Å². The second-order valence-corrected chi connectivity index (χ2v) is 6.67. The van der Waals surface area contributed by atoms with Crippen LogP contribution in [0.15, 0.2) is 18.7 Å². The number of hydrogen-bond acceptors (Lipinski definition) is 3. The molecule has 2 heterocycles. The van der Waals surface area contributed by atoms with Gasteiger partial charge < -0.3 is 9.88 Å². The van der Waals surface area contributed by atoms with Crippen LogP contribution in [-0.2, 0) is 24.1 Å². The molecule has 1 aliphatic carbocycles. The van der Waals surface area contributed by atoms with Crippen molar-refractivity contribution in [2.45, 2.75) is 50.9 Å². The lowest BCUT2D eigenvalue weighted by Gasteiger charge is -2.08. The minimum atomic E-state index is -4.60. The first-order valence-corrected chi connectivity index (χ1v) is 8.80. The molecule has 0 radical (unpaired) electrons. The quantitative estimate of drug-likeness (QED) is 0.705. The summed E-state index contributed by atoms with van der Waals surface area (Å²) in [6.07, 6.45) is 3.00. The highest BCUT2D eigenvalue weighted by Crippen LogP contribution is 2.46. The Morgan fingerprint density at radius 2 is 2.12 bits per heavy atom. The van der Waals surface area contributed by atoms with Crippen molar-refractivity contribution in [2.75, 3.05) is 6.54 Å². The number of nitrogens with zero attached hydrogens (tertiary/aromatic N) is 4. The summed E-state index contributed by atoms with van der Waals surface area (Å²) in [5, 5.41) is 6.04. The van der Waals surface area contributed by atoms with Gasteiger partial charge in [0.2, 0.25) is 5.91 Å². The molecule has 0 saturated heterocycles. The average molecular weight is 390 g/mol. The van der Waals surface area contributed by atoms with Crippen LogP contribution in [0.1, 0.15) is 43.0 Å². The van der Waals surface area contributed by atoms with E-state index in [-0.39, 0.29) is 29.8 Å². The molecule has 142 valence electrons. The Hall–Kier alpha value is -2.03. The van der Waals surface area contributed by atoms with Crippen LogP contribution < -0.4 is 5.32 Å². The molecule has 6 nitrogen and oxygen atoms in total. The van der Waals surface area contributed by atoms with E-state index >= 15 is 0 Å². The summed E-state index contributed by atoms with van der Waals surface area (Å²) in [6.45, 7) is 1.30. The zero-order valence-corrected chi connectivity index (χ0v) is 14.7. The molecule has 1 amide bonds. The first-order valence-electron chi connectivity index (χ1n) is 8.42. The first-order chi connectivity index (χ1) is 12.4. The Bertz CT molecular complexity index is 753. The molecule has 10 heteroatoms. The molecule has 2 aromatic rings. The molecule has 1 N–H and O–H groups in total.